The molecule has 3 nitrogen and oxygen atoms in total. The van der Waals surface area contributed by atoms with Gasteiger partial charge in [-0.1, -0.05) is 20.8 Å². The number of aromatic nitrogens is 1. The van der Waals surface area contributed by atoms with E-state index >= 15 is 0 Å². The van der Waals surface area contributed by atoms with E-state index in [0.29, 0.717) is 6.42 Å². The number of carbonyl (C=O) groups is 1. The van der Waals surface area contributed by atoms with Crippen LogP contribution in [0.3, 0.4) is 0 Å². The first-order chi connectivity index (χ1) is 8.09. The molecule has 1 aromatic heterocycles. The molecule has 0 bridgehead atoms. The highest BCUT2D eigenvalue weighted by atomic mass is 16.1. The summed E-state index contributed by atoms with van der Waals surface area (Å²) in [5, 5.41) is 3.43. The minimum Gasteiger partial charge on any atom is -0.365 e. The molecule has 1 unspecified atom stereocenters. The van der Waals surface area contributed by atoms with Gasteiger partial charge in [-0.3, -0.25) is 4.79 Å². The lowest BCUT2D eigenvalue weighted by molar-refractivity contribution is -0.128. The summed E-state index contributed by atoms with van der Waals surface area (Å²) in [5.41, 5.74) is 0.697. The molecule has 0 saturated heterocycles. The quantitative estimate of drug-likeness (QED) is 0.863. The second kappa shape index (κ2) is 5.27. The summed E-state index contributed by atoms with van der Waals surface area (Å²) in [6, 6.07) is 3.84. The Morgan fingerprint density at radius 3 is 2.28 bits per heavy atom. The zero-order valence-electron chi connectivity index (χ0n) is 12.4. The lowest BCUT2D eigenvalue weighted by atomic mass is 9.84. The van der Waals surface area contributed by atoms with Crippen molar-refractivity contribution in [1.29, 1.82) is 0 Å². The molecule has 102 valence electrons. The molecule has 0 aliphatic carbocycles. The Labute approximate surface area is 110 Å². The monoisotopic (exact) mass is 250 g/mol. The first kappa shape index (κ1) is 15.0. The van der Waals surface area contributed by atoms with Gasteiger partial charge in [-0.15, -0.1) is 0 Å². The summed E-state index contributed by atoms with van der Waals surface area (Å²) in [4.78, 5) is 15.7. The first-order valence-corrected chi connectivity index (χ1v) is 6.54. The number of Topliss-reactive ketones (excluding diaryl/α,β-unsaturated/α-hetero) is 1. The second-order valence-corrected chi connectivity index (χ2v) is 6.96. The zero-order valence-corrected chi connectivity index (χ0v) is 12.4. The molecular formula is C15H26N2O. The molecule has 0 aliphatic rings. The van der Waals surface area contributed by atoms with Gasteiger partial charge in [0.2, 0.25) is 0 Å². The van der Waals surface area contributed by atoms with Crippen molar-refractivity contribution in [3.8, 4) is 0 Å². The fourth-order valence-electron chi connectivity index (χ4n) is 1.97. The predicted octanol–water partition coefficient (Wildman–Crippen LogP) is 2.93. The molecule has 1 atom stereocenters. The fraction of sp³-hybridized carbons (Fsp3) is 0.667. The van der Waals surface area contributed by atoms with Crippen LogP contribution in [0.15, 0.2) is 18.3 Å². The summed E-state index contributed by atoms with van der Waals surface area (Å²) in [6.45, 7) is 12.2. The van der Waals surface area contributed by atoms with Crippen molar-refractivity contribution in [2.24, 2.45) is 5.41 Å². The number of aromatic amines is 1. The van der Waals surface area contributed by atoms with Gasteiger partial charge in [-0.2, -0.15) is 0 Å². The lowest BCUT2D eigenvalue weighted by Gasteiger charge is -2.31. The smallest absolute Gasteiger partial charge is 0.155 e. The van der Waals surface area contributed by atoms with Crippen LogP contribution in [-0.2, 0) is 11.2 Å². The summed E-state index contributed by atoms with van der Waals surface area (Å²) in [6.07, 6.45) is 2.60. The highest BCUT2D eigenvalue weighted by Gasteiger charge is 2.32. The van der Waals surface area contributed by atoms with Crippen molar-refractivity contribution in [3.63, 3.8) is 0 Å². The van der Waals surface area contributed by atoms with Crippen LogP contribution >= 0.6 is 0 Å². The van der Waals surface area contributed by atoms with Crippen molar-refractivity contribution in [3.05, 3.63) is 24.0 Å². The second-order valence-electron chi connectivity index (χ2n) is 6.96. The van der Waals surface area contributed by atoms with E-state index < -0.39 is 0 Å². The maximum absolute atomic E-state index is 12.5. The summed E-state index contributed by atoms with van der Waals surface area (Å²) < 4.78 is 0. The topological polar surface area (TPSA) is 44.9 Å². The Morgan fingerprint density at radius 2 is 1.89 bits per heavy atom. The van der Waals surface area contributed by atoms with E-state index in [1.165, 1.54) is 0 Å². The van der Waals surface area contributed by atoms with Crippen LogP contribution in [-0.4, -0.2) is 22.3 Å². The molecule has 0 fully saturated rings. The molecular weight excluding hydrogens is 224 g/mol. The molecule has 1 aromatic rings. The van der Waals surface area contributed by atoms with Gasteiger partial charge in [-0.05, 0) is 32.9 Å². The predicted molar refractivity (Wildman–Crippen MR) is 75.6 cm³/mol. The number of hydrogen-bond donors (Lipinski definition) is 2. The molecule has 0 radical (unpaired) electrons. The van der Waals surface area contributed by atoms with Crippen LogP contribution in [0.2, 0.25) is 0 Å². The number of nitrogens with one attached hydrogen (secondary N) is 2. The third-order valence-electron chi connectivity index (χ3n) is 2.75. The molecule has 0 aromatic carbocycles. The van der Waals surface area contributed by atoms with Gasteiger partial charge < -0.3 is 10.3 Å². The van der Waals surface area contributed by atoms with E-state index in [-0.39, 0.29) is 22.8 Å². The molecule has 18 heavy (non-hydrogen) atoms. The standard InChI is InChI=1S/C15H26N2O/c1-14(2,3)13(18)12(17-15(4,5)6)10-11-8-7-9-16-11/h7-9,12,16-17H,10H2,1-6H3. The molecule has 0 aliphatic heterocycles. The number of carbonyl (C=O) groups excluding carboxylic acids is 1. The minimum atomic E-state index is -0.324. The number of hydrogen-bond acceptors (Lipinski definition) is 2. The van der Waals surface area contributed by atoms with Crippen molar-refractivity contribution in [2.75, 3.05) is 0 Å². The molecule has 2 N–H and O–H groups in total. The molecule has 1 rings (SSSR count). The van der Waals surface area contributed by atoms with Crippen LogP contribution < -0.4 is 5.32 Å². The van der Waals surface area contributed by atoms with E-state index in [9.17, 15) is 4.79 Å². The Morgan fingerprint density at radius 1 is 1.28 bits per heavy atom. The number of H-pyrrole nitrogens is 1. The molecule has 1 heterocycles. The molecule has 0 spiro atoms. The summed E-state index contributed by atoms with van der Waals surface area (Å²) in [5.74, 6) is 0.257. The Bertz CT molecular complexity index is 380. The van der Waals surface area contributed by atoms with Crippen LogP contribution in [0, 0.1) is 5.41 Å². The average molecular weight is 250 g/mol. The van der Waals surface area contributed by atoms with Gasteiger partial charge in [0.25, 0.3) is 0 Å². The van der Waals surface area contributed by atoms with Crippen LogP contribution in [0.1, 0.15) is 47.2 Å². The van der Waals surface area contributed by atoms with E-state index in [0.717, 1.165) is 5.69 Å². The average Bonchev–Trinajstić information content (AvgIpc) is 2.64. The van der Waals surface area contributed by atoms with Crippen LogP contribution in [0.25, 0.3) is 0 Å². The maximum Gasteiger partial charge on any atom is 0.155 e. The highest BCUT2D eigenvalue weighted by molar-refractivity contribution is 5.89. The van der Waals surface area contributed by atoms with E-state index in [1.807, 2.05) is 39.1 Å². The van der Waals surface area contributed by atoms with E-state index in [1.54, 1.807) is 0 Å². The number of rotatable bonds is 4. The molecule has 0 saturated carbocycles. The summed E-state index contributed by atoms with van der Waals surface area (Å²) >= 11 is 0. The van der Waals surface area contributed by atoms with Gasteiger partial charge in [0.05, 0.1) is 6.04 Å². The van der Waals surface area contributed by atoms with E-state index in [2.05, 4.69) is 31.1 Å². The number of ketones is 1. The van der Waals surface area contributed by atoms with E-state index in [4.69, 9.17) is 0 Å². The van der Waals surface area contributed by atoms with Crippen molar-refractivity contribution in [2.45, 2.75) is 59.5 Å². The minimum absolute atomic E-state index is 0.0713. The highest BCUT2D eigenvalue weighted by Crippen LogP contribution is 2.20. The van der Waals surface area contributed by atoms with Crippen molar-refractivity contribution < 1.29 is 4.79 Å². The lowest BCUT2D eigenvalue weighted by Crippen LogP contribution is -2.51. The fourth-order valence-corrected chi connectivity index (χ4v) is 1.97. The Hall–Kier alpha value is -1.09. The Kier molecular flexibility index (Phi) is 4.38. The van der Waals surface area contributed by atoms with Crippen LogP contribution in [0.4, 0.5) is 0 Å². The van der Waals surface area contributed by atoms with Crippen molar-refractivity contribution in [1.82, 2.24) is 10.3 Å². The van der Waals surface area contributed by atoms with Gasteiger partial charge in [-0.25, -0.2) is 0 Å². The summed E-state index contributed by atoms with van der Waals surface area (Å²) in [7, 11) is 0. The third-order valence-corrected chi connectivity index (χ3v) is 2.75. The van der Waals surface area contributed by atoms with Gasteiger partial charge >= 0.3 is 0 Å². The Balaban J connectivity index is 2.85. The van der Waals surface area contributed by atoms with Crippen LogP contribution in [0.5, 0.6) is 0 Å². The third kappa shape index (κ3) is 4.65. The maximum atomic E-state index is 12.5. The van der Waals surface area contributed by atoms with Gasteiger partial charge in [0.1, 0.15) is 0 Å². The van der Waals surface area contributed by atoms with Gasteiger partial charge in [0.15, 0.2) is 5.78 Å². The van der Waals surface area contributed by atoms with Gasteiger partial charge in [0, 0.05) is 29.3 Å². The van der Waals surface area contributed by atoms with Crippen molar-refractivity contribution >= 4 is 5.78 Å². The normalized spacial score (nSPS) is 14.6. The zero-order chi connectivity index (χ0) is 14.0. The SMILES string of the molecule is CC(C)(C)NC(Cc1ccc[nH]1)C(=O)C(C)(C)C. The first-order valence-electron chi connectivity index (χ1n) is 6.54. The largest absolute Gasteiger partial charge is 0.365 e. The molecule has 0 amide bonds. The molecule has 3 heteroatoms.